The summed E-state index contributed by atoms with van der Waals surface area (Å²) in [5.74, 6) is 0. The van der Waals surface area contributed by atoms with Crippen molar-refractivity contribution in [1.29, 1.82) is 0 Å². The first-order chi connectivity index (χ1) is 3.50. The van der Waals surface area contributed by atoms with Crippen LogP contribution in [0.5, 0.6) is 0 Å². The van der Waals surface area contributed by atoms with Crippen molar-refractivity contribution in [3.8, 4) is 0 Å². The van der Waals surface area contributed by atoms with Crippen LogP contribution in [0.2, 0.25) is 13.1 Å². The van der Waals surface area contributed by atoms with Gasteiger partial charge in [-0.15, -0.1) is 0 Å². The molecule has 0 unspecified atom stereocenters. The molecule has 0 aromatic rings. The maximum atomic E-state index is 3.44. The van der Waals surface area contributed by atoms with Crippen LogP contribution in [0, 0.1) is 0 Å². The van der Waals surface area contributed by atoms with E-state index < -0.39 is 8.40 Å². The fraction of sp³-hybridized carbons (Fsp3) is 1.00. The van der Waals surface area contributed by atoms with E-state index in [4.69, 9.17) is 0 Å². The Balaban J connectivity index is 3.71. The van der Waals surface area contributed by atoms with E-state index in [2.05, 4.69) is 36.4 Å². The summed E-state index contributed by atoms with van der Waals surface area (Å²) in [5.41, 5.74) is 0. The van der Waals surface area contributed by atoms with Gasteiger partial charge >= 0.3 is 0 Å². The zero-order chi connectivity index (χ0) is 6.78. The fourth-order valence-corrected chi connectivity index (χ4v) is 2.01. The Kier molecular flexibility index (Phi) is 2.89. The van der Waals surface area contributed by atoms with E-state index in [0.29, 0.717) is 0 Å². The average molecular weight is 148 g/mol. The minimum Gasteiger partial charge on any atom is -0.355 e. The van der Waals surface area contributed by atoms with Gasteiger partial charge in [-0.1, -0.05) is 0 Å². The highest BCUT2D eigenvalue weighted by Crippen LogP contribution is 1.96. The Morgan fingerprint density at radius 2 is 1.75 bits per heavy atom. The molecule has 0 aliphatic heterocycles. The molecule has 0 atom stereocenters. The van der Waals surface area contributed by atoms with Gasteiger partial charge in [0.25, 0.3) is 0 Å². The number of hydrogen-bond acceptors (Lipinski definition) is 2. The third kappa shape index (κ3) is 2.08. The predicted octanol–water partition coefficient (Wildman–Crippen LogP) is -0.880. The molecule has 0 aromatic heterocycles. The van der Waals surface area contributed by atoms with Gasteiger partial charge in [0.1, 0.15) is 0 Å². The van der Waals surface area contributed by atoms with Gasteiger partial charge in [-0.3, -0.25) is 0 Å². The number of rotatable bonds is 2. The normalized spacial score (nSPS) is 13.1. The van der Waals surface area contributed by atoms with E-state index in [1.165, 1.54) is 0 Å². The van der Waals surface area contributed by atoms with Crippen molar-refractivity contribution in [2.45, 2.75) is 13.1 Å². The van der Waals surface area contributed by atoms with Gasteiger partial charge in [-0.25, -0.2) is 0 Å². The largest absolute Gasteiger partial charge is 0.355 e. The summed E-state index contributed by atoms with van der Waals surface area (Å²) in [5, 5.41) is 0. The quantitative estimate of drug-likeness (QED) is 0.512. The topological polar surface area (TPSA) is 15.3 Å². The predicted molar refractivity (Wildman–Crippen MR) is 44.2 cm³/mol. The third-order valence-electron chi connectivity index (χ3n) is 1.73. The van der Waals surface area contributed by atoms with Crippen molar-refractivity contribution in [1.82, 2.24) is 9.21 Å². The maximum absolute atomic E-state index is 3.44. The Morgan fingerprint density at radius 1 is 1.38 bits per heavy atom. The second-order valence-corrected chi connectivity index (χ2v) is 8.72. The Hall–Kier alpha value is 0.354. The van der Waals surface area contributed by atoms with Crippen molar-refractivity contribution >= 4 is 18.8 Å². The van der Waals surface area contributed by atoms with Gasteiger partial charge in [-0.2, -0.15) is 0 Å². The molecule has 0 saturated carbocycles. The Bertz CT molecular complexity index is 72.4. The van der Waals surface area contributed by atoms with E-state index >= 15 is 0 Å². The van der Waals surface area contributed by atoms with Gasteiger partial charge in [-0.05, 0) is 27.2 Å². The molecule has 0 aliphatic rings. The molecular weight excluding hydrogens is 132 g/mol. The molecule has 4 heteroatoms. The zero-order valence-corrected chi connectivity index (χ0v) is 9.45. The number of nitrogens with zero attached hydrogens (tertiary/aromatic N) is 1. The van der Waals surface area contributed by atoms with Crippen LogP contribution in [0.3, 0.4) is 0 Å². The lowest BCUT2D eigenvalue weighted by atomic mass is 11.3. The van der Waals surface area contributed by atoms with E-state index in [-0.39, 0.29) is 0 Å². The molecule has 8 heavy (non-hydrogen) atoms. The lowest BCUT2D eigenvalue weighted by Gasteiger charge is -2.29. The maximum Gasteiger partial charge on any atom is 0.190 e. The van der Waals surface area contributed by atoms with Crippen LogP contribution >= 0.6 is 0 Å². The molecule has 0 radical (unpaired) electrons. The summed E-state index contributed by atoms with van der Waals surface area (Å²) in [6.45, 7) is 4.61. The second kappa shape index (κ2) is 2.77. The van der Waals surface area contributed by atoms with Crippen LogP contribution < -0.4 is 4.65 Å². The van der Waals surface area contributed by atoms with Crippen LogP contribution in [0.25, 0.3) is 0 Å². The molecule has 0 aromatic carbocycles. The first-order valence-corrected chi connectivity index (χ1v) is 6.82. The van der Waals surface area contributed by atoms with Crippen LogP contribution in [0.4, 0.5) is 0 Å². The van der Waals surface area contributed by atoms with Crippen LogP contribution in [-0.2, 0) is 0 Å². The van der Waals surface area contributed by atoms with Crippen molar-refractivity contribution in [3.05, 3.63) is 0 Å². The molecule has 0 rings (SSSR count). The van der Waals surface area contributed by atoms with Crippen molar-refractivity contribution in [3.63, 3.8) is 0 Å². The standard InChI is InChI=1S/C4H16N2Si2/c1-6(2)8(3,4)5-7/h5H,1-4,7H3. The lowest BCUT2D eigenvalue weighted by molar-refractivity contribution is 0.615. The summed E-state index contributed by atoms with van der Waals surface area (Å²) in [6.07, 6.45) is 0. The molecule has 1 N–H and O–H groups in total. The summed E-state index contributed by atoms with van der Waals surface area (Å²) in [6, 6.07) is 0. The molecule has 0 amide bonds. The van der Waals surface area contributed by atoms with Gasteiger partial charge < -0.3 is 9.21 Å². The summed E-state index contributed by atoms with van der Waals surface area (Å²) < 4.78 is 5.75. The summed E-state index contributed by atoms with van der Waals surface area (Å²) >= 11 is 0. The molecule has 0 spiro atoms. The van der Waals surface area contributed by atoms with Gasteiger partial charge in [0.15, 0.2) is 8.40 Å². The minimum absolute atomic E-state index is 1.11. The second-order valence-electron chi connectivity index (χ2n) is 2.70. The van der Waals surface area contributed by atoms with Gasteiger partial charge in [0.2, 0.25) is 0 Å². The van der Waals surface area contributed by atoms with E-state index in [9.17, 15) is 0 Å². The van der Waals surface area contributed by atoms with Gasteiger partial charge in [0, 0.05) is 0 Å². The monoisotopic (exact) mass is 148 g/mol. The van der Waals surface area contributed by atoms with E-state index in [1.54, 1.807) is 0 Å². The molecule has 2 nitrogen and oxygen atoms in total. The Labute approximate surface area is 55.9 Å². The van der Waals surface area contributed by atoms with Crippen LogP contribution in [0.1, 0.15) is 0 Å². The Morgan fingerprint density at radius 3 is 1.75 bits per heavy atom. The first kappa shape index (κ1) is 8.35. The molecule has 0 fully saturated rings. The molecule has 0 bridgehead atoms. The lowest BCUT2D eigenvalue weighted by Crippen LogP contribution is -2.55. The van der Waals surface area contributed by atoms with Crippen molar-refractivity contribution in [2.75, 3.05) is 14.1 Å². The van der Waals surface area contributed by atoms with Crippen LogP contribution in [-0.4, -0.2) is 37.5 Å². The average Bonchev–Trinajstić information content (AvgIpc) is 1.67. The summed E-state index contributed by atoms with van der Waals surface area (Å²) in [7, 11) is 4.28. The molecule has 50 valence electrons. The molecule has 0 saturated heterocycles. The smallest absolute Gasteiger partial charge is 0.190 e. The van der Waals surface area contributed by atoms with Gasteiger partial charge in [0.05, 0.1) is 10.4 Å². The minimum atomic E-state index is -1.11. The highest BCUT2D eigenvalue weighted by molar-refractivity contribution is 6.75. The van der Waals surface area contributed by atoms with Crippen molar-refractivity contribution in [2.24, 2.45) is 0 Å². The first-order valence-electron chi connectivity index (χ1n) is 2.87. The van der Waals surface area contributed by atoms with Crippen LogP contribution in [0.15, 0.2) is 0 Å². The van der Waals surface area contributed by atoms with E-state index in [1.807, 2.05) is 0 Å². The zero-order valence-electron chi connectivity index (χ0n) is 6.45. The number of nitrogens with one attached hydrogen (secondary N) is 1. The SMILES string of the molecule is CN(C)[Si](C)(C)N[SiH3]. The van der Waals surface area contributed by atoms with E-state index in [0.717, 1.165) is 10.4 Å². The highest BCUT2D eigenvalue weighted by Gasteiger charge is 2.19. The summed E-state index contributed by atoms with van der Waals surface area (Å²) in [4.78, 5) is 0. The molecular formula is C4H16N2Si2. The van der Waals surface area contributed by atoms with Crippen molar-refractivity contribution < 1.29 is 0 Å². The fourth-order valence-electron chi connectivity index (χ4n) is 0.224. The highest BCUT2D eigenvalue weighted by atomic mass is 28.4. The third-order valence-corrected chi connectivity index (χ3v) is 8.86. The number of hydrogen-bond donors (Lipinski definition) is 1. The molecule has 0 aliphatic carbocycles. The molecule has 0 heterocycles.